The molecule has 1 aromatic carbocycles. The molecule has 0 bridgehead atoms. The Bertz CT molecular complexity index is 530. The summed E-state index contributed by atoms with van der Waals surface area (Å²) in [5, 5.41) is 5.92. The van der Waals surface area contributed by atoms with E-state index >= 15 is 0 Å². The summed E-state index contributed by atoms with van der Waals surface area (Å²) in [5.41, 5.74) is 5.41. The molecule has 0 atom stereocenters. The summed E-state index contributed by atoms with van der Waals surface area (Å²) in [7, 11) is 0. The van der Waals surface area contributed by atoms with E-state index in [1.54, 1.807) is 0 Å². The molecule has 1 heterocycles. The first-order valence-corrected chi connectivity index (χ1v) is 4.37. The molecule has 2 aromatic rings. The van der Waals surface area contributed by atoms with E-state index in [4.69, 9.17) is 5.73 Å². The molecule has 1 aromatic heterocycles. The highest BCUT2D eigenvalue weighted by Crippen LogP contribution is 2.15. The molecule has 0 spiro atoms. The first kappa shape index (κ1) is 10.3. The van der Waals surface area contributed by atoms with E-state index in [-0.39, 0.29) is 16.9 Å². The summed E-state index contributed by atoms with van der Waals surface area (Å²) >= 11 is 0. The zero-order chi connectivity index (χ0) is 11.7. The summed E-state index contributed by atoms with van der Waals surface area (Å²) in [6.07, 6.45) is 1.21. The van der Waals surface area contributed by atoms with Crippen LogP contribution in [0, 0.1) is 11.6 Å². The molecule has 4 nitrogen and oxygen atoms in total. The van der Waals surface area contributed by atoms with E-state index in [2.05, 4.69) is 10.2 Å². The Morgan fingerprint density at radius 3 is 2.38 bits per heavy atom. The van der Waals surface area contributed by atoms with Crippen molar-refractivity contribution in [2.24, 2.45) is 0 Å². The van der Waals surface area contributed by atoms with Crippen LogP contribution in [0.25, 0.3) is 0 Å². The standard InChI is InChI=1S/C10H7F2N3O/c11-6-1-5(2-7(12)3-6)9(16)8-4-14-15-10(8)13/h1-4H,(H3,13,14,15). The van der Waals surface area contributed by atoms with Gasteiger partial charge in [0.1, 0.15) is 17.5 Å². The smallest absolute Gasteiger partial charge is 0.198 e. The number of ketones is 1. The van der Waals surface area contributed by atoms with Gasteiger partial charge in [0.2, 0.25) is 0 Å². The van der Waals surface area contributed by atoms with Gasteiger partial charge in [-0.25, -0.2) is 8.78 Å². The Hall–Kier alpha value is -2.24. The van der Waals surface area contributed by atoms with Crippen molar-refractivity contribution in [1.82, 2.24) is 10.2 Å². The molecule has 0 aliphatic rings. The Balaban J connectivity index is 2.45. The van der Waals surface area contributed by atoms with E-state index in [1.807, 2.05) is 0 Å². The van der Waals surface area contributed by atoms with Gasteiger partial charge in [0.15, 0.2) is 5.78 Å². The number of rotatable bonds is 2. The van der Waals surface area contributed by atoms with Crippen molar-refractivity contribution in [3.63, 3.8) is 0 Å². The fraction of sp³-hybridized carbons (Fsp3) is 0. The van der Waals surface area contributed by atoms with Gasteiger partial charge in [-0.15, -0.1) is 0 Å². The summed E-state index contributed by atoms with van der Waals surface area (Å²) in [5.74, 6) is -2.14. The molecular formula is C10H7F2N3O. The third-order valence-electron chi connectivity index (χ3n) is 2.04. The van der Waals surface area contributed by atoms with Crippen molar-refractivity contribution in [1.29, 1.82) is 0 Å². The van der Waals surface area contributed by atoms with Crippen LogP contribution in [0.15, 0.2) is 24.4 Å². The molecular weight excluding hydrogens is 216 g/mol. The lowest BCUT2D eigenvalue weighted by molar-refractivity contribution is 0.103. The number of aromatic nitrogens is 2. The van der Waals surface area contributed by atoms with Crippen LogP contribution in [0.2, 0.25) is 0 Å². The summed E-state index contributed by atoms with van der Waals surface area (Å²) < 4.78 is 25.8. The number of H-pyrrole nitrogens is 1. The molecule has 0 unspecified atom stereocenters. The van der Waals surface area contributed by atoms with E-state index in [0.717, 1.165) is 12.1 Å². The minimum absolute atomic E-state index is 0.0645. The summed E-state index contributed by atoms with van der Waals surface area (Å²) in [4.78, 5) is 11.8. The molecule has 16 heavy (non-hydrogen) atoms. The number of nitrogens with two attached hydrogens (primary N) is 1. The number of carbonyl (C=O) groups is 1. The maximum atomic E-state index is 12.9. The molecule has 0 fully saturated rings. The fourth-order valence-corrected chi connectivity index (χ4v) is 1.32. The predicted octanol–water partition coefficient (Wildman–Crippen LogP) is 1.50. The molecule has 0 aliphatic carbocycles. The van der Waals surface area contributed by atoms with E-state index in [9.17, 15) is 13.6 Å². The average Bonchev–Trinajstić information content (AvgIpc) is 2.62. The van der Waals surface area contributed by atoms with Crippen molar-refractivity contribution in [3.8, 4) is 0 Å². The fourth-order valence-electron chi connectivity index (χ4n) is 1.32. The maximum absolute atomic E-state index is 12.9. The Morgan fingerprint density at radius 2 is 1.88 bits per heavy atom. The third kappa shape index (κ3) is 1.77. The van der Waals surface area contributed by atoms with Gasteiger partial charge in [-0.05, 0) is 12.1 Å². The van der Waals surface area contributed by atoms with Crippen LogP contribution in [0.5, 0.6) is 0 Å². The summed E-state index contributed by atoms with van der Waals surface area (Å²) in [6, 6.07) is 2.57. The molecule has 3 N–H and O–H groups in total. The molecule has 0 amide bonds. The zero-order valence-corrected chi connectivity index (χ0v) is 8.00. The van der Waals surface area contributed by atoms with Crippen LogP contribution in [0.3, 0.4) is 0 Å². The van der Waals surface area contributed by atoms with Crippen LogP contribution in [0.4, 0.5) is 14.6 Å². The zero-order valence-electron chi connectivity index (χ0n) is 8.00. The molecule has 0 aliphatic heterocycles. The number of nitrogens with zero attached hydrogens (tertiary/aromatic N) is 1. The van der Waals surface area contributed by atoms with Crippen molar-refractivity contribution < 1.29 is 13.6 Å². The number of aromatic amines is 1. The highest BCUT2D eigenvalue weighted by atomic mass is 19.1. The van der Waals surface area contributed by atoms with Gasteiger partial charge in [0.25, 0.3) is 0 Å². The van der Waals surface area contributed by atoms with Gasteiger partial charge in [-0.2, -0.15) is 5.10 Å². The van der Waals surface area contributed by atoms with Gasteiger partial charge in [-0.1, -0.05) is 0 Å². The second kappa shape index (κ2) is 3.73. The number of anilines is 1. The second-order valence-corrected chi connectivity index (χ2v) is 3.18. The van der Waals surface area contributed by atoms with Gasteiger partial charge in [0, 0.05) is 11.6 Å². The number of nitrogens with one attached hydrogen (secondary N) is 1. The van der Waals surface area contributed by atoms with Crippen molar-refractivity contribution >= 4 is 11.6 Å². The van der Waals surface area contributed by atoms with E-state index in [1.165, 1.54) is 6.20 Å². The van der Waals surface area contributed by atoms with Crippen molar-refractivity contribution in [3.05, 3.63) is 47.2 Å². The Labute approximate surface area is 89.1 Å². The normalized spacial score (nSPS) is 10.4. The monoisotopic (exact) mass is 223 g/mol. The third-order valence-corrected chi connectivity index (χ3v) is 2.04. The van der Waals surface area contributed by atoms with Crippen molar-refractivity contribution in [2.45, 2.75) is 0 Å². The number of carbonyl (C=O) groups excluding carboxylic acids is 1. The molecule has 0 saturated heterocycles. The second-order valence-electron chi connectivity index (χ2n) is 3.18. The quantitative estimate of drug-likeness (QED) is 0.758. The molecule has 0 radical (unpaired) electrons. The largest absolute Gasteiger partial charge is 0.383 e. The highest BCUT2D eigenvalue weighted by Gasteiger charge is 2.15. The first-order chi connectivity index (χ1) is 7.58. The SMILES string of the molecule is Nc1[nH]ncc1C(=O)c1cc(F)cc(F)c1. The van der Waals surface area contributed by atoms with E-state index < -0.39 is 17.4 Å². The number of hydrogen-bond donors (Lipinski definition) is 2. The number of halogens is 2. The van der Waals surface area contributed by atoms with Crippen LogP contribution in [-0.2, 0) is 0 Å². The maximum Gasteiger partial charge on any atom is 0.198 e. The number of hydrogen-bond acceptors (Lipinski definition) is 3. The topological polar surface area (TPSA) is 71.8 Å². The molecule has 82 valence electrons. The minimum atomic E-state index is -0.814. The molecule has 2 rings (SSSR count). The lowest BCUT2D eigenvalue weighted by Crippen LogP contribution is -2.04. The predicted molar refractivity (Wildman–Crippen MR) is 52.8 cm³/mol. The molecule has 0 saturated carbocycles. The lowest BCUT2D eigenvalue weighted by atomic mass is 10.1. The minimum Gasteiger partial charge on any atom is -0.383 e. The summed E-state index contributed by atoms with van der Waals surface area (Å²) in [6.45, 7) is 0. The van der Waals surface area contributed by atoms with Crippen LogP contribution in [0.1, 0.15) is 15.9 Å². The van der Waals surface area contributed by atoms with Crippen LogP contribution in [-0.4, -0.2) is 16.0 Å². The van der Waals surface area contributed by atoms with Gasteiger partial charge in [0.05, 0.1) is 11.8 Å². The van der Waals surface area contributed by atoms with E-state index in [0.29, 0.717) is 6.07 Å². The first-order valence-electron chi connectivity index (χ1n) is 4.37. The highest BCUT2D eigenvalue weighted by molar-refractivity contribution is 6.11. The van der Waals surface area contributed by atoms with Crippen LogP contribution >= 0.6 is 0 Å². The molecule has 6 heteroatoms. The van der Waals surface area contributed by atoms with Crippen LogP contribution < -0.4 is 5.73 Å². The lowest BCUT2D eigenvalue weighted by Gasteiger charge is -2.00. The van der Waals surface area contributed by atoms with Crippen molar-refractivity contribution in [2.75, 3.05) is 5.73 Å². The Morgan fingerprint density at radius 1 is 1.25 bits per heavy atom. The average molecular weight is 223 g/mol. The van der Waals surface area contributed by atoms with Gasteiger partial charge in [-0.3, -0.25) is 9.89 Å². The number of benzene rings is 1. The Kier molecular flexibility index (Phi) is 2.40. The van der Waals surface area contributed by atoms with Gasteiger partial charge >= 0.3 is 0 Å². The van der Waals surface area contributed by atoms with Gasteiger partial charge < -0.3 is 5.73 Å². The number of nitrogen functional groups attached to an aromatic ring is 1.